The zero-order valence-electron chi connectivity index (χ0n) is 10.4. The van der Waals surface area contributed by atoms with E-state index in [9.17, 15) is 4.79 Å². The van der Waals surface area contributed by atoms with Gasteiger partial charge in [-0.2, -0.15) is 0 Å². The first-order valence-corrected chi connectivity index (χ1v) is 6.05. The Kier molecular flexibility index (Phi) is 7.59. The van der Waals surface area contributed by atoms with Crippen LogP contribution in [0.1, 0.15) is 6.42 Å². The van der Waals surface area contributed by atoms with Crippen molar-refractivity contribution in [3.63, 3.8) is 0 Å². The Morgan fingerprint density at radius 2 is 2.00 bits per heavy atom. The van der Waals surface area contributed by atoms with Gasteiger partial charge < -0.3 is 20.5 Å². The van der Waals surface area contributed by atoms with Gasteiger partial charge in [0, 0.05) is 13.1 Å². The number of carbonyl (C=O) groups excluding carboxylic acids is 1. The lowest BCUT2D eigenvalue weighted by Crippen LogP contribution is -2.30. The predicted octanol–water partition coefficient (Wildman–Crippen LogP) is 0.547. The first-order chi connectivity index (χ1) is 8.83. The number of ether oxygens (including phenoxy) is 2. The van der Waals surface area contributed by atoms with Crippen molar-refractivity contribution < 1.29 is 14.3 Å². The largest absolute Gasteiger partial charge is 0.494 e. The first kappa shape index (κ1) is 14.5. The lowest BCUT2D eigenvalue weighted by atomic mass is 10.3. The van der Waals surface area contributed by atoms with Gasteiger partial charge >= 0.3 is 0 Å². The van der Waals surface area contributed by atoms with Crippen molar-refractivity contribution in [2.75, 3.05) is 32.9 Å². The van der Waals surface area contributed by atoms with E-state index in [0.717, 1.165) is 12.2 Å². The van der Waals surface area contributed by atoms with Gasteiger partial charge in [-0.1, -0.05) is 18.2 Å². The van der Waals surface area contributed by atoms with E-state index in [1.807, 2.05) is 30.3 Å². The number of hydrogen-bond donors (Lipinski definition) is 2. The Morgan fingerprint density at radius 1 is 1.22 bits per heavy atom. The van der Waals surface area contributed by atoms with Crippen LogP contribution in [-0.4, -0.2) is 38.8 Å². The second-order valence-corrected chi connectivity index (χ2v) is 3.71. The van der Waals surface area contributed by atoms with E-state index in [2.05, 4.69) is 5.32 Å². The maximum atomic E-state index is 11.2. The van der Waals surface area contributed by atoms with Gasteiger partial charge in [-0.15, -0.1) is 0 Å². The third-order valence-electron chi connectivity index (χ3n) is 2.15. The number of nitrogens with one attached hydrogen (secondary N) is 1. The van der Waals surface area contributed by atoms with Gasteiger partial charge in [-0.3, -0.25) is 4.79 Å². The fourth-order valence-electron chi connectivity index (χ4n) is 1.31. The summed E-state index contributed by atoms with van der Waals surface area (Å²) in [6, 6.07) is 9.59. The van der Waals surface area contributed by atoms with Crippen molar-refractivity contribution in [1.29, 1.82) is 0 Å². The number of para-hydroxylation sites is 1. The molecule has 0 atom stereocenters. The Morgan fingerprint density at radius 3 is 2.72 bits per heavy atom. The van der Waals surface area contributed by atoms with Gasteiger partial charge in [0.2, 0.25) is 5.91 Å². The minimum atomic E-state index is -0.122. The number of rotatable bonds is 9. The third-order valence-corrected chi connectivity index (χ3v) is 2.15. The molecule has 0 aliphatic heterocycles. The zero-order valence-corrected chi connectivity index (χ0v) is 10.4. The van der Waals surface area contributed by atoms with Gasteiger partial charge in [0.1, 0.15) is 12.4 Å². The molecule has 0 spiro atoms. The SMILES string of the molecule is NCCOCC(=O)NCCCOc1ccccc1. The van der Waals surface area contributed by atoms with Crippen LogP contribution in [0, 0.1) is 0 Å². The Hall–Kier alpha value is -1.59. The summed E-state index contributed by atoms with van der Waals surface area (Å²) in [5, 5.41) is 2.74. The summed E-state index contributed by atoms with van der Waals surface area (Å²) < 4.78 is 10.5. The highest BCUT2D eigenvalue weighted by Crippen LogP contribution is 2.07. The molecule has 0 fully saturated rings. The molecular weight excluding hydrogens is 232 g/mol. The van der Waals surface area contributed by atoms with Crippen molar-refractivity contribution in [3.8, 4) is 5.75 Å². The molecule has 0 heterocycles. The highest BCUT2D eigenvalue weighted by Gasteiger charge is 1.99. The minimum Gasteiger partial charge on any atom is -0.494 e. The number of hydrogen-bond acceptors (Lipinski definition) is 4. The van der Waals surface area contributed by atoms with Crippen LogP contribution in [0.5, 0.6) is 5.75 Å². The highest BCUT2D eigenvalue weighted by molar-refractivity contribution is 5.77. The molecule has 1 rings (SSSR count). The molecular formula is C13H20N2O3. The summed E-state index contributed by atoms with van der Waals surface area (Å²) >= 11 is 0. The summed E-state index contributed by atoms with van der Waals surface area (Å²) in [6.45, 7) is 2.06. The Balaban J connectivity index is 1.97. The van der Waals surface area contributed by atoms with Crippen LogP contribution in [0.25, 0.3) is 0 Å². The Labute approximate surface area is 107 Å². The van der Waals surface area contributed by atoms with E-state index < -0.39 is 0 Å². The lowest BCUT2D eigenvalue weighted by Gasteiger charge is -2.07. The van der Waals surface area contributed by atoms with Gasteiger partial charge in [-0.25, -0.2) is 0 Å². The number of amides is 1. The van der Waals surface area contributed by atoms with Gasteiger partial charge in [0.15, 0.2) is 0 Å². The average molecular weight is 252 g/mol. The molecule has 3 N–H and O–H groups in total. The first-order valence-electron chi connectivity index (χ1n) is 6.05. The van der Waals surface area contributed by atoms with E-state index in [1.165, 1.54) is 0 Å². The predicted molar refractivity (Wildman–Crippen MR) is 69.4 cm³/mol. The van der Waals surface area contributed by atoms with Gasteiger partial charge in [0.25, 0.3) is 0 Å². The molecule has 5 heteroatoms. The van der Waals surface area contributed by atoms with E-state index in [4.69, 9.17) is 15.2 Å². The normalized spacial score (nSPS) is 10.1. The van der Waals surface area contributed by atoms with Gasteiger partial charge in [-0.05, 0) is 18.6 Å². The lowest BCUT2D eigenvalue weighted by molar-refractivity contribution is -0.125. The van der Waals surface area contributed by atoms with Crippen molar-refractivity contribution in [2.45, 2.75) is 6.42 Å². The van der Waals surface area contributed by atoms with E-state index in [-0.39, 0.29) is 12.5 Å². The molecule has 1 aromatic rings. The van der Waals surface area contributed by atoms with E-state index in [0.29, 0.717) is 26.3 Å². The van der Waals surface area contributed by atoms with Crippen LogP contribution in [0.4, 0.5) is 0 Å². The average Bonchev–Trinajstić information content (AvgIpc) is 2.40. The topological polar surface area (TPSA) is 73.6 Å². The molecule has 0 unspecified atom stereocenters. The van der Waals surface area contributed by atoms with Crippen LogP contribution in [0.2, 0.25) is 0 Å². The Bertz CT molecular complexity index is 330. The fourth-order valence-corrected chi connectivity index (χ4v) is 1.31. The van der Waals surface area contributed by atoms with Crippen molar-refractivity contribution in [2.24, 2.45) is 5.73 Å². The monoisotopic (exact) mass is 252 g/mol. The fraction of sp³-hybridized carbons (Fsp3) is 0.462. The highest BCUT2D eigenvalue weighted by atomic mass is 16.5. The molecule has 0 aliphatic carbocycles. The second-order valence-electron chi connectivity index (χ2n) is 3.71. The summed E-state index contributed by atoms with van der Waals surface area (Å²) in [5.41, 5.74) is 5.24. The van der Waals surface area contributed by atoms with Gasteiger partial charge in [0.05, 0.1) is 13.2 Å². The van der Waals surface area contributed by atoms with Crippen LogP contribution < -0.4 is 15.8 Å². The number of nitrogens with two attached hydrogens (primary N) is 1. The molecule has 1 amide bonds. The summed E-state index contributed by atoms with van der Waals surface area (Å²) in [4.78, 5) is 11.2. The molecule has 0 aromatic heterocycles. The maximum absolute atomic E-state index is 11.2. The molecule has 0 saturated heterocycles. The van der Waals surface area contributed by atoms with Crippen LogP contribution in [0.3, 0.4) is 0 Å². The summed E-state index contributed by atoms with van der Waals surface area (Å²) in [7, 11) is 0. The van der Waals surface area contributed by atoms with Crippen LogP contribution in [0.15, 0.2) is 30.3 Å². The zero-order chi connectivity index (χ0) is 13.1. The molecule has 100 valence electrons. The molecule has 5 nitrogen and oxygen atoms in total. The molecule has 18 heavy (non-hydrogen) atoms. The van der Waals surface area contributed by atoms with Crippen LogP contribution >= 0.6 is 0 Å². The molecule has 0 aliphatic rings. The van der Waals surface area contributed by atoms with Crippen molar-refractivity contribution in [3.05, 3.63) is 30.3 Å². The quantitative estimate of drug-likeness (QED) is 0.629. The van der Waals surface area contributed by atoms with Crippen molar-refractivity contribution in [1.82, 2.24) is 5.32 Å². The molecule has 1 aromatic carbocycles. The number of carbonyl (C=O) groups is 1. The standard InChI is InChI=1S/C13H20N2O3/c14-7-10-17-11-13(16)15-8-4-9-18-12-5-2-1-3-6-12/h1-3,5-6H,4,7-11,14H2,(H,15,16). The minimum absolute atomic E-state index is 0.0662. The molecule has 0 bridgehead atoms. The summed E-state index contributed by atoms with van der Waals surface area (Å²) in [6.07, 6.45) is 0.761. The second kappa shape index (κ2) is 9.44. The molecule has 0 radical (unpaired) electrons. The number of benzene rings is 1. The summed E-state index contributed by atoms with van der Waals surface area (Å²) in [5.74, 6) is 0.721. The van der Waals surface area contributed by atoms with E-state index >= 15 is 0 Å². The van der Waals surface area contributed by atoms with Crippen LogP contribution in [-0.2, 0) is 9.53 Å². The smallest absolute Gasteiger partial charge is 0.246 e. The maximum Gasteiger partial charge on any atom is 0.246 e. The van der Waals surface area contributed by atoms with E-state index in [1.54, 1.807) is 0 Å². The molecule has 0 saturated carbocycles. The third kappa shape index (κ3) is 6.88. The van der Waals surface area contributed by atoms with Crippen molar-refractivity contribution >= 4 is 5.91 Å².